The van der Waals surface area contributed by atoms with Crippen LogP contribution in [0.25, 0.3) is 0 Å². The molecule has 0 bridgehead atoms. The molecule has 0 atom stereocenters. The SMILES string of the molecule is CC(C)(OSC(F)(F)F)c1ccccc1I. The van der Waals surface area contributed by atoms with Gasteiger partial charge < -0.3 is 0 Å². The summed E-state index contributed by atoms with van der Waals surface area (Å²) in [6, 6.07) is 7.21. The number of rotatable bonds is 3. The number of alkyl halides is 3. The quantitative estimate of drug-likeness (QED) is 0.569. The molecule has 16 heavy (non-hydrogen) atoms. The second-order valence-corrected chi connectivity index (χ2v) is 5.56. The van der Waals surface area contributed by atoms with E-state index in [2.05, 4.69) is 22.6 Å². The third-order valence-corrected chi connectivity index (χ3v) is 3.50. The van der Waals surface area contributed by atoms with Crippen molar-refractivity contribution in [3.63, 3.8) is 0 Å². The third kappa shape index (κ3) is 4.14. The molecule has 0 unspecified atom stereocenters. The van der Waals surface area contributed by atoms with Crippen LogP contribution >= 0.6 is 34.6 Å². The maximum absolute atomic E-state index is 12.0. The van der Waals surface area contributed by atoms with Crippen LogP contribution in [0, 0.1) is 3.57 Å². The zero-order valence-electron chi connectivity index (χ0n) is 8.64. The predicted molar refractivity (Wildman–Crippen MR) is 66.9 cm³/mol. The maximum Gasteiger partial charge on any atom is 0.468 e. The number of hydrogen-bond acceptors (Lipinski definition) is 2. The average Bonchev–Trinajstić information content (AvgIpc) is 2.14. The van der Waals surface area contributed by atoms with Crippen molar-refractivity contribution in [3.05, 3.63) is 33.4 Å². The Hall–Kier alpha value is 0.0500. The van der Waals surface area contributed by atoms with Crippen molar-refractivity contribution in [2.24, 2.45) is 0 Å². The van der Waals surface area contributed by atoms with E-state index in [4.69, 9.17) is 4.18 Å². The first-order valence-electron chi connectivity index (χ1n) is 4.41. The molecule has 0 amide bonds. The molecule has 0 heterocycles. The number of halogens is 4. The normalized spacial score (nSPS) is 12.9. The van der Waals surface area contributed by atoms with Gasteiger partial charge >= 0.3 is 5.51 Å². The van der Waals surface area contributed by atoms with Gasteiger partial charge in [-0.3, -0.25) is 4.18 Å². The predicted octanol–water partition coefficient (Wildman–Crippen LogP) is 4.71. The second kappa shape index (κ2) is 5.14. The smallest absolute Gasteiger partial charge is 0.297 e. The molecule has 1 rings (SSSR count). The second-order valence-electron chi connectivity index (χ2n) is 3.60. The summed E-state index contributed by atoms with van der Waals surface area (Å²) in [6.45, 7) is 3.23. The zero-order chi connectivity index (χ0) is 12.4. The van der Waals surface area contributed by atoms with Gasteiger partial charge in [-0.1, -0.05) is 18.2 Å². The van der Waals surface area contributed by atoms with Gasteiger partial charge in [-0.15, -0.1) is 0 Å². The lowest BCUT2D eigenvalue weighted by Gasteiger charge is -2.26. The molecule has 1 aromatic carbocycles. The molecule has 6 heteroatoms. The van der Waals surface area contributed by atoms with E-state index in [-0.39, 0.29) is 0 Å². The minimum atomic E-state index is -4.38. The van der Waals surface area contributed by atoms with Crippen molar-refractivity contribution >= 4 is 34.6 Å². The summed E-state index contributed by atoms with van der Waals surface area (Å²) < 4.78 is 41.8. The van der Waals surface area contributed by atoms with Crippen LogP contribution in [0.1, 0.15) is 19.4 Å². The maximum atomic E-state index is 12.0. The summed E-state index contributed by atoms with van der Waals surface area (Å²) >= 11 is 1.62. The van der Waals surface area contributed by atoms with E-state index in [1.807, 2.05) is 12.1 Å². The molecular weight excluding hydrogens is 352 g/mol. The average molecular weight is 362 g/mol. The van der Waals surface area contributed by atoms with Gasteiger partial charge in [0.25, 0.3) is 0 Å². The molecule has 0 aliphatic carbocycles. The van der Waals surface area contributed by atoms with E-state index in [1.165, 1.54) is 0 Å². The van der Waals surface area contributed by atoms with Crippen LogP contribution in [0.3, 0.4) is 0 Å². The van der Waals surface area contributed by atoms with Gasteiger partial charge in [-0.2, -0.15) is 13.2 Å². The van der Waals surface area contributed by atoms with E-state index in [0.717, 1.165) is 9.13 Å². The lowest BCUT2D eigenvalue weighted by molar-refractivity contribution is -0.0459. The Morgan fingerprint density at radius 1 is 1.19 bits per heavy atom. The van der Waals surface area contributed by atoms with Crippen LogP contribution in [0.15, 0.2) is 24.3 Å². The summed E-state index contributed by atoms with van der Waals surface area (Å²) in [5.74, 6) is 0. The van der Waals surface area contributed by atoms with Crippen LogP contribution in [-0.4, -0.2) is 5.51 Å². The molecule has 0 aromatic heterocycles. The summed E-state index contributed by atoms with van der Waals surface area (Å²) in [7, 11) is 0. The van der Waals surface area contributed by atoms with E-state index >= 15 is 0 Å². The van der Waals surface area contributed by atoms with Crippen molar-refractivity contribution in [2.45, 2.75) is 25.0 Å². The van der Waals surface area contributed by atoms with Crippen molar-refractivity contribution in [2.75, 3.05) is 0 Å². The monoisotopic (exact) mass is 362 g/mol. The van der Waals surface area contributed by atoms with E-state index in [1.54, 1.807) is 26.0 Å². The fourth-order valence-corrected chi connectivity index (χ4v) is 2.58. The van der Waals surface area contributed by atoms with Gasteiger partial charge in [-0.25, -0.2) is 0 Å². The minimum absolute atomic E-state index is 0.459. The lowest BCUT2D eigenvalue weighted by atomic mass is 9.99. The number of benzene rings is 1. The van der Waals surface area contributed by atoms with E-state index in [0.29, 0.717) is 0 Å². The van der Waals surface area contributed by atoms with E-state index in [9.17, 15) is 13.2 Å². The van der Waals surface area contributed by atoms with Crippen LogP contribution in [0.5, 0.6) is 0 Å². The van der Waals surface area contributed by atoms with E-state index < -0.39 is 23.2 Å². The Balaban J connectivity index is 2.82. The van der Waals surface area contributed by atoms with Crippen LogP contribution in [0.4, 0.5) is 13.2 Å². The Kier molecular flexibility index (Phi) is 4.53. The molecule has 1 aromatic rings. The summed E-state index contributed by atoms with van der Waals surface area (Å²) in [5, 5.41) is 0. The van der Waals surface area contributed by atoms with Crippen molar-refractivity contribution < 1.29 is 17.4 Å². The first-order chi connectivity index (χ1) is 7.22. The topological polar surface area (TPSA) is 9.23 Å². The van der Waals surface area contributed by atoms with Crippen LogP contribution < -0.4 is 0 Å². The van der Waals surface area contributed by atoms with Gasteiger partial charge in [0.1, 0.15) is 17.6 Å². The van der Waals surface area contributed by atoms with Crippen LogP contribution in [0.2, 0.25) is 0 Å². The summed E-state index contributed by atoms with van der Waals surface area (Å²) in [6.07, 6.45) is 0. The Morgan fingerprint density at radius 3 is 2.25 bits per heavy atom. The molecule has 90 valence electrons. The highest BCUT2D eigenvalue weighted by Crippen LogP contribution is 2.39. The van der Waals surface area contributed by atoms with Crippen molar-refractivity contribution in [1.82, 2.24) is 0 Å². The third-order valence-electron chi connectivity index (χ3n) is 1.87. The van der Waals surface area contributed by atoms with Crippen LogP contribution in [-0.2, 0) is 9.78 Å². The zero-order valence-corrected chi connectivity index (χ0v) is 11.6. The van der Waals surface area contributed by atoms with Gasteiger partial charge in [-0.05, 0) is 48.1 Å². The molecule has 0 fully saturated rings. The molecule has 0 aliphatic heterocycles. The fourth-order valence-electron chi connectivity index (χ4n) is 1.15. The molecule has 0 saturated heterocycles. The Morgan fingerprint density at radius 2 is 1.75 bits per heavy atom. The summed E-state index contributed by atoms with van der Waals surface area (Å²) in [5.41, 5.74) is -4.61. The van der Waals surface area contributed by atoms with Gasteiger partial charge in [0.2, 0.25) is 0 Å². The van der Waals surface area contributed by atoms with Crippen molar-refractivity contribution in [1.29, 1.82) is 0 Å². The Labute approximate surface area is 110 Å². The van der Waals surface area contributed by atoms with Crippen molar-refractivity contribution in [3.8, 4) is 0 Å². The molecule has 0 aliphatic rings. The lowest BCUT2D eigenvalue weighted by Crippen LogP contribution is -2.21. The highest BCUT2D eigenvalue weighted by atomic mass is 127. The standard InChI is InChI=1S/C10H10F3IOS/c1-9(2,15-16-10(11,12)13)7-5-3-4-6-8(7)14/h3-6H,1-2H3. The highest BCUT2D eigenvalue weighted by molar-refractivity contribution is 14.1. The number of hydrogen-bond donors (Lipinski definition) is 0. The first kappa shape index (κ1) is 14.1. The highest BCUT2D eigenvalue weighted by Gasteiger charge is 2.35. The molecule has 0 radical (unpaired) electrons. The van der Waals surface area contributed by atoms with Gasteiger partial charge in [0.15, 0.2) is 0 Å². The first-order valence-corrected chi connectivity index (χ1v) is 6.23. The largest absolute Gasteiger partial charge is 0.468 e. The molecule has 0 saturated carbocycles. The molecule has 0 spiro atoms. The minimum Gasteiger partial charge on any atom is -0.297 e. The molecular formula is C10H10F3IOS. The fraction of sp³-hybridized carbons (Fsp3) is 0.400. The Bertz CT molecular complexity index is 365. The summed E-state index contributed by atoms with van der Waals surface area (Å²) in [4.78, 5) is 0. The van der Waals surface area contributed by atoms with Gasteiger partial charge in [0, 0.05) is 3.57 Å². The van der Waals surface area contributed by atoms with Gasteiger partial charge in [0.05, 0.1) is 0 Å². The molecule has 0 N–H and O–H groups in total. The molecule has 1 nitrogen and oxygen atoms in total.